The van der Waals surface area contributed by atoms with Gasteiger partial charge in [0.05, 0.1) is 11.9 Å². The Morgan fingerprint density at radius 1 is 1.27 bits per heavy atom. The van der Waals surface area contributed by atoms with E-state index in [1.54, 1.807) is 0 Å². The van der Waals surface area contributed by atoms with Gasteiger partial charge in [0.15, 0.2) is 0 Å². The van der Waals surface area contributed by atoms with Crippen LogP contribution >= 0.6 is 0 Å². The van der Waals surface area contributed by atoms with Gasteiger partial charge in [-0.25, -0.2) is 8.42 Å². The molecule has 0 aromatic heterocycles. The Hall–Kier alpha value is -1.56. The molecule has 1 aromatic carbocycles. The van der Waals surface area contributed by atoms with Gasteiger partial charge in [0.25, 0.3) is 0 Å². The lowest BCUT2D eigenvalue weighted by molar-refractivity contribution is 0.100. The maximum atomic E-state index is 11.2. The zero-order valence-corrected chi connectivity index (χ0v) is 9.28. The van der Waals surface area contributed by atoms with Crippen LogP contribution in [0.5, 0.6) is 0 Å². The molecule has 0 radical (unpaired) electrons. The zero-order chi connectivity index (χ0) is 11.6. The minimum Gasteiger partial charge on any atom is -0.366 e. The average molecular weight is 228 g/mol. The summed E-state index contributed by atoms with van der Waals surface area (Å²) in [5.41, 5.74) is 5.89. The molecule has 1 amide bonds. The molecule has 2 N–H and O–H groups in total. The van der Waals surface area contributed by atoms with E-state index < -0.39 is 15.9 Å². The second-order valence-corrected chi connectivity index (χ2v) is 5.16. The lowest BCUT2D eigenvalue weighted by Gasteiger charge is -2.16. The van der Waals surface area contributed by atoms with Crippen molar-refractivity contribution in [3.8, 4) is 0 Å². The molecule has 0 fully saturated rings. The van der Waals surface area contributed by atoms with Crippen molar-refractivity contribution in [3.63, 3.8) is 0 Å². The second-order valence-electron chi connectivity index (χ2n) is 3.14. The number of hydrogen-bond donors (Lipinski definition) is 1. The summed E-state index contributed by atoms with van der Waals surface area (Å²) in [6.07, 6.45) is 1.11. The molecule has 0 unspecified atom stereocenters. The van der Waals surface area contributed by atoms with Gasteiger partial charge in [-0.2, -0.15) is 0 Å². The third-order valence-corrected chi connectivity index (χ3v) is 3.22. The Balaban J connectivity index is 3.05. The SMILES string of the molecule is CN(c1ccc(C(N)=O)cc1)S(C)(=O)=O. The molecule has 82 valence electrons. The van der Waals surface area contributed by atoms with Crippen LogP contribution in [0.1, 0.15) is 10.4 Å². The molecule has 0 saturated carbocycles. The van der Waals surface area contributed by atoms with Crippen LogP contribution in [0, 0.1) is 0 Å². The molecule has 0 heterocycles. The van der Waals surface area contributed by atoms with Crippen molar-refractivity contribution in [1.82, 2.24) is 0 Å². The molecule has 0 aliphatic heterocycles. The second kappa shape index (κ2) is 3.90. The van der Waals surface area contributed by atoms with Crippen molar-refractivity contribution < 1.29 is 13.2 Å². The van der Waals surface area contributed by atoms with E-state index in [1.165, 1.54) is 31.3 Å². The minimum atomic E-state index is -3.27. The first-order chi connectivity index (χ1) is 6.82. The molecule has 5 nitrogen and oxygen atoms in total. The molecule has 1 rings (SSSR count). The Kier molecular flexibility index (Phi) is 2.99. The van der Waals surface area contributed by atoms with E-state index >= 15 is 0 Å². The van der Waals surface area contributed by atoms with Crippen LogP contribution in [-0.2, 0) is 10.0 Å². The highest BCUT2D eigenvalue weighted by atomic mass is 32.2. The lowest BCUT2D eigenvalue weighted by Crippen LogP contribution is -2.24. The van der Waals surface area contributed by atoms with Gasteiger partial charge in [0.2, 0.25) is 15.9 Å². The fourth-order valence-electron chi connectivity index (χ4n) is 1.03. The van der Waals surface area contributed by atoms with Crippen molar-refractivity contribution >= 4 is 21.6 Å². The van der Waals surface area contributed by atoms with Gasteiger partial charge in [-0.3, -0.25) is 9.10 Å². The number of carbonyl (C=O) groups is 1. The maximum absolute atomic E-state index is 11.2. The fraction of sp³-hybridized carbons (Fsp3) is 0.222. The first kappa shape index (κ1) is 11.5. The van der Waals surface area contributed by atoms with E-state index in [1.807, 2.05) is 0 Å². The standard InChI is InChI=1S/C9H12N2O3S/c1-11(15(2,13)14)8-5-3-7(4-6-8)9(10)12/h3-6H,1-2H3,(H2,10,12). The highest BCUT2D eigenvalue weighted by Gasteiger charge is 2.11. The van der Waals surface area contributed by atoms with E-state index in [0.29, 0.717) is 11.3 Å². The first-order valence-corrected chi connectivity index (χ1v) is 6.01. The monoisotopic (exact) mass is 228 g/mol. The van der Waals surface area contributed by atoms with Gasteiger partial charge in [-0.15, -0.1) is 0 Å². The van der Waals surface area contributed by atoms with Crippen LogP contribution in [0.25, 0.3) is 0 Å². The van der Waals surface area contributed by atoms with Crippen molar-refractivity contribution in [2.45, 2.75) is 0 Å². The smallest absolute Gasteiger partial charge is 0.248 e. The summed E-state index contributed by atoms with van der Waals surface area (Å²) < 4.78 is 23.5. The number of carbonyl (C=O) groups excluding carboxylic acids is 1. The zero-order valence-electron chi connectivity index (χ0n) is 8.47. The van der Waals surface area contributed by atoms with Crippen LogP contribution in [0.15, 0.2) is 24.3 Å². The number of anilines is 1. The largest absolute Gasteiger partial charge is 0.366 e. The molecular weight excluding hydrogens is 216 g/mol. The van der Waals surface area contributed by atoms with Gasteiger partial charge in [-0.1, -0.05) is 0 Å². The number of nitrogens with zero attached hydrogens (tertiary/aromatic N) is 1. The number of sulfonamides is 1. The number of primary amides is 1. The number of benzene rings is 1. The van der Waals surface area contributed by atoms with Crippen LogP contribution in [0.3, 0.4) is 0 Å². The van der Waals surface area contributed by atoms with Crippen LogP contribution < -0.4 is 10.0 Å². The number of nitrogens with two attached hydrogens (primary N) is 1. The first-order valence-electron chi connectivity index (χ1n) is 4.16. The molecular formula is C9H12N2O3S. The highest BCUT2D eigenvalue weighted by molar-refractivity contribution is 7.92. The molecule has 0 spiro atoms. The summed E-state index contributed by atoms with van der Waals surface area (Å²) in [7, 11) is -1.83. The molecule has 0 saturated heterocycles. The Labute approximate surface area is 88.5 Å². The number of amides is 1. The van der Waals surface area contributed by atoms with E-state index in [4.69, 9.17) is 5.73 Å². The fourth-order valence-corrected chi connectivity index (χ4v) is 1.53. The summed E-state index contributed by atoms with van der Waals surface area (Å²) >= 11 is 0. The quantitative estimate of drug-likeness (QED) is 0.801. The van der Waals surface area contributed by atoms with Crippen molar-refractivity contribution in [2.75, 3.05) is 17.6 Å². The predicted molar refractivity (Wildman–Crippen MR) is 58.2 cm³/mol. The van der Waals surface area contributed by atoms with E-state index in [0.717, 1.165) is 10.6 Å². The van der Waals surface area contributed by atoms with E-state index in [9.17, 15) is 13.2 Å². The molecule has 15 heavy (non-hydrogen) atoms. The van der Waals surface area contributed by atoms with E-state index in [-0.39, 0.29) is 0 Å². The third-order valence-electron chi connectivity index (χ3n) is 2.01. The lowest BCUT2D eigenvalue weighted by atomic mass is 10.2. The summed E-state index contributed by atoms with van der Waals surface area (Å²) in [5.74, 6) is -0.538. The summed E-state index contributed by atoms with van der Waals surface area (Å²) in [6.45, 7) is 0. The third kappa shape index (κ3) is 2.69. The van der Waals surface area contributed by atoms with Crippen molar-refractivity contribution in [1.29, 1.82) is 0 Å². The average Bonchev–Trinajstić information content (AvgIpc) is 2.15. The number of hydrogen-bond acceptors (Lipinski definition) is 3. The molecule has 0 aliphatic carbocycles. The molecule has 1 aromatic rings. The molecule has 0 atom stereocenters. The highest BCUT2D eigenvalue weighted by Crippen LogP contribution is 2.15. The van der Waals surface area contributed by atoms with E-state index in [2.05, 4.69) is 0 Å². The van der Waals surface area contributed by atoms with Crippen LogP contribution in [0.4, 0.5) is 5.69 Å². The van der Waals surface area contributed by atoms with Gasteiger partial charge in [-0.05, 0) is 24.3 Å². The molecule has 6 heteroatoms. The van der Waals surface area contributed by atoms with Crippen molar-refractivity contribution in [2.24, 2.45) is 5.73 Å². The maximum Gasteiger partial charge on any atom is 0.248 e. The Morgan fingerprint density at radius 2 is 1.73 bits per heavy atom. The normalized spacial score (nSPS) is 11.1. The molecule has 0 bridgehead atoms. The Bertz CT molecular complexity index is 465. The van der Waals surface area contributed by atoms with Crippen LogP contribution in [0.2, 0.25) is 0 Å². The summed E-state index contributed by atoms with van der Waals surface area (Å²) in [5, 5.41) is 0. The predicted octanol–water partition coefficient (Wildman–Crippen LogP) is 0.181. The summed E-state index contributed by atoms with van der Waals surface area (Å²) in [4.78, 5) is 10.8. The molecule has 0 aliphatic rings. The van der Waals surface area contributed by atoms with Gasteiger partial charge in [0.1, 0.15) is 0 Å². The minimum absolute atomic E-state index is 0.348. The van der Waals surface area contributed by atoms with Gasteiger partial charge >= 0.3 is 0 Å². The van der Waals surface area contributed by atoms with Gasteiger partial charge < -0.3 is 5.73 Å². The number of rotatable bonds is 3. The summed E-state index contributed by atoms with van der Waals surface area (Å²) in [6, 6.07) is 6.03. The Morgan fingerprint density at radius 3 is 2.07 bits per heavy atom. The van der Waals surface area contributed by atoms with Crippen molar-refractivity contribution in [3.05, 3.63) is 29.8 Å². The van der Waals surface area contributed by atoms with Gasteiger partial charge in [0, 0.05) is 12.6 Å². The van der Waals surface area contributed by atoms with Crippen LogP contribution in [-0.4, -0.2) is 27.6 Å². The topological polar surface area (TPSA) is 80.5 Å².